The van der Waals surface area contributed by atoms with E-state index in [1.165, 1.54) is 19.3 Å². The normalized spacial score (nSPS) is 11.0. The van der Waals surface area contributed by atoms with Crippen molar-refractivity contribution >= 4 is 22.6 Å². The van der Waals surface area contributed by atoms with E-state index in [4.69, 9.17) is 9.47 Å². The van der Waals surface area contributed by atoms with Crippen LogP contribution in [0.25, 0.3) is 16.8 Å². The van der Waals surface area contributed by atoms with Crippen LogP contribution in [0.15, 0.2) is 60.7 Å². The lowest BCUT2D eigenvalue weighted by atomic mass is 10.00. The standard InChI is InChI=1S/C21H18O4/c1-24-20-12-9-16(15-5-3-4-6-17(15)20)18(22)10-7-14-8-11-19(23)21(13-14)25-2/h3-13,23H,1-2H3. The molecule has 0 aromatic heterocycles. The zero-order chi connectivity index (χ0) is 17.8. The maximum absolute atomic E-state index is 12.6. The second-order valence-electron chi connectivity index (χ2n) is 5.49. The van der Waals surface area contributed by atoms with Gasteiger partial charge in [-0.25, -0.2) is 0 Å². The molecule has 0 aliphatic rings. The van der Waals surface area contributed by atoms with E-state index in [0.717, 1.165) is 22.1 Å². The molecule has 0 radical (unpaired) electrons. The average molecular weight is 334 g/mol. The molecule has 0 heterocycles. The highest BCUT2D eigenvalue weighted by molar-refractivity contribution is 6.15. The van der Waals surface area contributed by atoms with Gasteiger partial charge in [-0.2, -0.15) is 0 Å². The molecule has 4 heteroatoms. The third-order valence-electron chi connectivity index (χ3n) is 4.00. The van der Waals surface area contributed by atoms with Gasteiger partial charge in [0.05, 0.1) is 14.2 Å². The highest BCUT2D eigenvalue weighted by Crippen LogP contribution is 2.29. The summed E-state index contributed by atoms with van der Waals surface area (Å²) in [5.74, 6) is 1.06. The van der Waals surface area contributed by atoms with Crippen LogP contribution >= 0.6 is 0 Å². The molecule has 0 bridgehead atoms. The summed E-state index contributed by atoms with van der Waals surface area (Å²) in [4.78, 5) is 12.6. The van der Waals surface area contributed by atoms with Crippen LogP contribution in [0.5, 0.6) is 17.2 Å². The average Bonchev–Trinajstić information content (AvgIpc) is 2.66. The molecular formula is C21H18O4. The number of methoxy groups -OCH3 is 2. The number of ketones is 1. The Balaban J connectivity index is 1.95. The first-order chi connectivity index (χ1) is 12.1. The number of phenols is 1. The summed E-state index contributed by atoms with van der Waals surface area (Å²) in [7, 11) is 3.10. The van der Waals surface area contributed by atoms with E-state index in [9.17, 15) is 9.90 Å². The number of allylic oxidation sites excluding steroid dienone is 1. The Morgan fingerprint density at radius 1 is 0.920 bits per heavy atom. The molecule has 3 aromatic rings. The maximum Gasteiger partial charge on any atom is 0.186 e. The van der Waals surface area contributed by atoms with E-state index in [1.807, 2.05) is 24.3 Å². The number of hydrogen-bond acceptors (Lipinski definition) is 4. The highest BCUT2D eigenvalue weighted by atomic mass is 16.5. The minimum atomic E-state index is -0.106. The van der Waals surface area contributed by atoms with Gasteiger partial charge < -0.3 is 14.6 Å². The third-order valence-corrected chi connectivity index (χ3v) is 4.00. The summed E-state index contributed by atoms with van der Waals surface area (Å²) in [6, 6.07) is 16.1. The second kappa shape index (κ2) is 7.09. The first-order valence-electron chi connectivity index (χ1n) is 7.79. The Hall–Kier alpha value is -3.27. The summed E-state index contributed by atoms with van der Waals surface area (Å²) in [5.41, 5.74) is 1.37. The van der Waals surface area contributed by atoms with Crippen LogP contribution in [-0.4, -0.2) is 25.1 Å². The molecule has 0 fully saturated rings. The molecule has 0 amide bonds. The molecule has 3 aromatic carbocycles. The second-order valence-corrected chi connectivity index (χ2v) is 5.49. The maximum atomic E-state index is 12.6. The molecule has 0 unspecified atom stereocenters. The Kier molecular flexibility index (Phi) is 4.70. The molecule has 0 spiro atoms. The van der Waals surface area contributed by atoms with Crippen LogP contribution in [-0.2, 0) is 0 Å². The van der Waals surface area contributed by atoms with Crippen molar-refractivity contribution in [1.82, 2.24) is 0 Å². The van der Waals surface area contributed by atoms with Gasteiger partial charge >= 0.3 is 0 Å². The van der Waals surface area contributed by atoms with Gasteiger partial charge in [0, 0.05) is 10.9 Å². The quantitative estimate of drug-likeness (QED) is 0.553. The lowest BCUT2D eigenvalue weighted by Crippen LogP contribution is -1.97. The van der Waals surface area contributed by atoms with Gasteiger partial charge in [0.25, 0.3) is 0 Å². The molecule has 25 heavy (non-hydrogen) atoms. The number of phenolic OH excluding ortho intramolecular Hbond substituents is 1. The number of hydrogen-bond donors (Lipinski definition) is 1. The molecule has 126 valence electrons. The zero-order valence-electron chi connectivity index (χ0n) is 14.0. The number of aromatic hydroxyl groups is 1. The fourth-order valence-corrected chi connectivity index (χ4v) is 2.72. The fraction of sp³-hybridized carbons (Fsp3) is 0.0952. The van der Waals surface area contributed by atoms with Gasteiger partial charge in [-0.3, -0.25) is 4.79 Å². The van der Waals surface area contributed by atoms with Gasteiger partial charge in [-0.1, -0.05) is 36.4 Å². The first kappa shape index (κ1) is 16.6. The Bertz CT molecular complexity index is 957. The molecule has 3 rings (SSSR count). The minimum absolute atomic E-state index is 0.0622. The van der Waals surface area contributed by atoms with Crippen molar-refractivity contribution in [1.29, 1.82) is 0 Å². The summed E-state index contributed by atoms with van der Waals surface area (Å²) in [6.07, 6.45) is 3.21. The van der Waals surface area contributed by atoms with Gasteiger partial charge in [-0.05, 0) is 41.3 Å². The van der Waals surface area contributed by atoms with E-state index in [1.54, 1.807) is 37.5 Å². The lowest BCUT2D eigenvalue weighted by Gasteiger charge is -2.08. The van der Waals surface area contributed by atoms with E-state index in [0.29, 0.717) is 11.3 Å². The van der Waals surface area contributed by atoms with Gasteiger partial charge in [0.1, 0.15) is 5.75 Å². The molecule has 0 saturated carbocycles. The Labute approximate surface area is 145 Å². The van der Waals surface area contributed by atoms with Gasteiger partial charge in [0.2, 0.25) is 0 Å². The molecule has 0 atom stereocenters. The SMILES string of the molecule is COc1cc(C=CC(=O)c2ccc(OC)c3ccccc23)ccc1O. The summed E-state index contributed by atoms with van der Waals surface area (Å²) < 4.78 is 10.4. The van der Waals surface area contributed by atoms with Crippen molar-refractivity contribution in [2.45, 2.75) is 0 Å². The van der Waals surface area contributed by atoms with Crippen molar-refractivity contribution in [3.63, 3.8) is 0 Å². The smallest absolute Gasteiger partial charge is 0.186 e. The molecule has 0 saturated heterocycles. The van der Waals surface area contributed by atoms with E-state index in [2.05, 4.69) is 0 Å². The summed E-state index contributed by atoms with van der Waals surface area (Å²) in [5, 5.41) is 11.4. The number of benzene rings is 3. The largest absolute Gasteiger partial charge is 0.504 e. The summed E-state index contributed by atoms with van der Waals surface area (Å²) in [6.45, 7) is 0. The van der Waals surface area contributed by atoms with E-state index in [-0.39, 0.29) is 11.5 Å². The van der Waals surface area contributed by atoms with Crippen LogP contribution < -0.4 is 9.47 Å². The predicted molar refractivity (Wildman–Crippen MR) is 98.5 cm³/mol. The van der Waals surface area contributed by atoms with Crippen molar-refractivity contribution in [3.05, 3.63) is 71.8 Å². The molecule has 0 aliphatic carbocycles. The van der Waals surface area contributed by atoms with Crippen molar-refractivity contribution < 1.29 is 19.4 Å². The van der Waals surface area contributed by atoms with Crippen LogP contribution in [0.2, 0.25) is 0 Å². The zero-order valence-corrected chi connectivity index (χ0v) is 14.0. The third kappa shape index (κ3) is 3.33. The van der Waals surface area contributed by atoms with E-state index >= 15 is 0 Å². The van der Waals surface area contributed by atoms with Crippen LogP contribution in [0.4, 0.5) is 0 Å². The molecule has 4 nitrogen and oxygen atoms in total. The van der Waals surface area contributed by atoms with Crippen molar-refractivity contribution in [2.75, 3.05) is 14.2 Å². The van der Waals surface area contributed by atoms with Crippen LogP contribution in [0.3, 0.4) is 0 Å². The number of carbonyl (C=O) groups excluding carboxylic acids is 1. The minimum Gasteiger partial charge on any atom is -0.504 e. The Morgan fingerprint density at radius 3 is 2.36 bits per heavy atom. The topological polar surface area (TPSA) is 55.8 Å². The summed E-state index contributed by atoms with van der Waals surface area (Å²) >= 11 is 0. The van der Waals surface area contributed by atoms with Crippen LogP contribution in [0.1, 0.15) is 15.9 Å². The number of ether oxygens (including phenoxy) is 2. The number of carbonyl (C=O) groups is 1. The Morgan fingerprint density at radius 2 is 1.64 bits per heavy atom. The number of rotatable bonds is 5. The van der Waals surface area contributed by atoms with Gasteiger partial charge in [0.15, 0.2) is 17.3 Å². The molecule has 0 aliphatic heterocycles. The van der Waals surface area contributed by atoms with E-state index < -0.39 is 0 Å². The lowest BCUT2D eigenvalue weighted by molar-refractivity contribution is 0.104. The first-order valence-corrected chi connectivity index (χ1v) is 7.79. The van der Waals surface area contributed by atoms with Crippen molar-refractivity contribution in [2.24, 2.45) is 0 Å². The van der Waals surface area contributed by atoms with Crippen molar-refractivity contribution in [3.8, 4) is 17.2 Å². The monoisotopic (exact) mass is 334 g/mol. The predicted octanol–water partition coefficient (Wildman–Crippen LogP) is 4.46. The number of fused-ring (bicyclic) bond motifs is 1. The molecule has 1 N–H and O–H groups in total. The molecular weight excluding hydrogens is 316 g/mol. The highest BCUT2D eigenvalue weighted by Gasteiger charge is 2.10. The van der Waals surface area contributed by atoms with Gasteiger partial charge in [-0.15, -0.1) is 0 Å². The fourth-order valence-electron chi connectivity index (χ4n) is 2.72. The van der Waals surface area contributed by atoms with Crippen LogP contribution in [0, 0.1) is 0 Å².